The summed E-state index contributed by atoms with van der Waals surface area (Å²) in [5, 5.41) is 5.52. The van der Waals surface area contributed by atoms with Crippen LogP contribution in [0.1, 0.15) is 60.5 Å². The number of nitrogens with zero attached hydrogens (tertiary/aromatic N) is 4. The van der Waals surface area contributed by atoms with Crippen molar-refractivity contribution in [3.8, 4) is 11.8 Å². The van der Waals surface area contributed by atoms with Gasteiger partial charge in [0, 0.05) is 37.3 Å². The summed E-state index contributed by atoms with van der Waals surface area (Å²) in [7, 11) is 2.74. The molecule has 0 spiro atoms. The van der Waals surface area contributed by atoms with Crippen LogP contribution in [0.2, 0.25) is 0 Å². The average Bonchev–Trinajstić information content (AvgIpc) is 3.84. The van der Waals surface area contributed by atoms with E-state index in [9.17, 15) is 9.59 Å². The number of ether oxygens (including phenoxy) is 2. The molecule has 2 atom stereocenters. The number of imidazole rings is 2. The Kier molecular flexibility index (Phi) is 8.95. The molecule has 230 valence electrons. The molecule has 2 aromatic heterocycles. The number of benzene rings is 2. The number of carbonyl (C=O) groups is 2. The van der Waals surface area contributed by atoms with Gasteiger partial charge in [-0.2, -0.15) is 0 Å². The number of methoxy groups -OCH3 is 2. The van der Waals surface area contributed by atoms with Crippen LogP contribution in [-0.2, 0) is 9.47 Å². The predicted octanol–water partition coefficient (Wildman–Crippen LogP) is 3.82. The number of hydrogen-bond donors (Lipinski definition) is 4. The van der Waals surface area contributed by atoms with Gasteiger partial charge < -0.3 is 30.1 Å². The summed E-state index contributed by atoms with van der Waals surface area (Å²) in [6, 6.07) is 12.5. The van der Waals surface area contributed by atoms with Crippen molar-refractivity contribution in [2.45, 2.75) is 37.8 Å². The van der Waals surface area contributed by atoms with Gasteiger partial charge in [0.05, 0.1) is 48.4 Å². The fourth-order valence-electron chi connectivity index (χ4n) is 6.22. The molecule has 0 bridgehead atoms. The molecular weight excluding hydrogens is 560 g/mol. The highest BCUT2D eigenvalue weighted by Crippen LogP contribution is 2.32. The minimum Gasteiger partial charge on any atom is -0.453 e. The number of rotatable bonds is 8. The Balaban J connectivity index is 1.12. The maximum absolute atomic E-state index is 11.4. The fourth-order valence-corrected chi connectivity index (χ4v) is 6.22. The molecule has 6 rings (SSSR count). The average molecular weight is 599 g/mol. The highest BCUT2D eigenvalue weighted by atomic mass is 16.5. The number of alkyl carbamates (subject to hydrolysis) is 2. The van der Waals surface area contributed by atoms with Gasteiger partial charge in [-0.3, -0.25) is 9.80 Å². The molecule has 4 heterocycles. The van der Waals surface area contributed by atoms with Gasteiger partial charge in [-0.1, -0.05) is 11.8 Å². The lowest BCUT2D eigenvalue weighted by Gasteiger charge is -2.22. The van der Waals surface area contributed by atoms with Crippen LogP contribution < -0.4 is 10.6 Å². The third-order valence-corrected chi connectivity index (χ3v) is 8.42. The summed E-state index contributed by atoms with van der Waals surface area (Å²) in [6.45, 7) is 4.48. The molecule has 2 fully saturated rings. The van der Waals surface area contributed by atoms with Gasteiger partial charge in [0.2, 0.25) is 0 Å². The molecule has 2 aliphatic rings. The standard InChI is InChI=1S/C32H38N8O4/c1-43-31(41)33-13-17-39-15-3-5-27(39)29-35-23-11-9-21(19-25(23)37-29)7-8-22-10-12-24-26(20-22)38-30(36-24)28-6-4-16-40(28)18-14-34-32(42)44-2/h9-12,19-20,27-28H,3-6,13-18H2,1-2H3,(H,33,41)(H,34,42)(H,35,37)(H,36,38)/t27-,28-/m0/s1. The molecule has 4 aromatic rings. The van der Waals surface area contributed by atoms with Crippen molar-refractivity contribution in [3.63, 3.8) is 0 Å². The number of amides is 2. The Morgan fingerprint density at radius 1 is 0.795 bits per heavy atom. The van der Waals surface area contributed by atoms with Gasteiger partial charge in [-0.05, 0) is 75.2 Å². The first-order valence-corrected chi connectivity index (χ1v) is 15.1. The summed E-state index contributed by atoms with van der Waals surface area (Å²) in [6.07, 6.45) is 3.40. The largest absolute Gasteiger partial charge is 0.453 e. The molecule has 2 amide bonds. The first kappa shape index (κ1) is 29.5. The second-order valence-corrected chi connectivity index (χ2v) is 11.2. The number of fused-ring (bicyclic) bond motifs is 2. The Hall–Kier alpha value is -4.60. The summed E-state index contributed by atoms with van der Waals surface area (Å²) in [5.41, 5.74) is 5.54. The van der Waals surface area contributed by atoms with E-state index in [1.165, 1.54) is 14.2 Å². The van der Waals surface area contributed by atoms with E-state index in [2.05, 4.69) is 51.7 Å². The predicted molar refractivity (Wildman–Crippen MR) is 166 cm³/mol. The van der Waals surface area contributed by atoms with Crippen LogP contribution in [0, 0.1) is 11.8 Å². The number of aromatic nitrogens is 4. The lowest BCUT2D eigenvalue weighted by molar-refractivity contribution is 0.166. The summed E-state index contributed by atoms with van der Waals surface area (Å²) in [5.74, 6) is 8.49. The van der Waals surface area contributed by atoms with Gasteiger partial charge in [-0.15, -0.1) is 0 Å². The number of nitrogens with one attached hydrogen (secondary N) is 4. The molecule has 4 N–H and O–H groups in total. The molecule has 12 nitrogen and oxygen atoms in total. The monoisotopic (exact) mass is 598 g/mol. The minimum atomic E-state index is -0.411. The van der Waals surface area contributed by atoms with E-state index in [1.54, 1.807) is 0 Å². The summed E-state index contributed by atoms with van der Waals surface area (Å²) < 4.78 is 9.34. The van der Waals surface area contributed by atoms with Crippen LogP contribution in [0.5, 0.6) is 0 Å². The van der Waals surface area contributed by atoms with Crippen molar-refractivity contribution < 1.29 is 19.1 Å². The summed E-state index contributed by atoms with van der Waals surface area (Å²) in [4.78, 5) is 44.3. The Morgan fingerprint density at radius 3 is 1.68 bits per heavy atom. The van der Waals surface area contributed by atoms with E-state index < -0.39 is 12.2 Å². The fraction of sp³-hybridized carbons (Fsp3) is 0.438. The third kappa shape index (κ3) is 6.64. The zero-order valence-electron chi connectivity index (χ0n) is 25.1. The number of carbonyl (C=O) groups excluding carboxylic acids is 2. The minimum absolute atomic E-state index is 0.190. The number of H-pyrrole nitrogens is 2. The van der Waals surface area contributed by atoms with E-state index in [0.29, 0.717) is 13.1 Å². The van der Waals surface area contributed by atoms with E-state index in [4.69, 9.17) is 9.97 Å². The van der Waals surface area contributed by atoms with Crippen LogP contribution in [0.15, 0.2) is 36.4 Å². The van der Waals surface area contributed by atoms with Crippen LogP contribution in [0.25, 0.3) is 22.1 Å². The first-order valence-electron chi connectivity index (χ1n) is 15.1. The molecule has 2 aliphatic heterocycles. The molecule has 2 aromatic carbocycles. The van der Waals surface area contributed by atoms with Gasteiger partial charge in [0.15, 0.2) is 0 Å². The maximum atomic E-state index is 11.4. The van der Waals surface area contributed by atoms with E-state index in [1.807, 2.05) is 36.4 Å². The van der Waals surface area contributed by atoms with Crippen molar-refractivity contribution in [1.82, 2.24) is 40.4 Å². The van der Waals surface area contributed by atoms with Gasteiger partial charge in [0.25, 0.3) is 0 Å². The van der Waals surface area contributed by atoms with E-state index in [-0.39, 0.29) is 12.1 Å². The van der Waals surface area contributed by atoms with E-state index >= 15 is 0 Å². The normalized spacial score (nSPS) is 18.8. The first-order chi connectivity index (χ1) is 21.5. The van der Waals surface area contributed by atoms with Gasteiger partial charge >= 0.3 is 12.2 Å². The van der Waals surface area contributed by atoms with Crippen molar-refractivity contribution in [3.05, 3.63) is 59.2 Å². The molecule has 0 saturated carbocycles. The lowest BCUT2D eigenvalue weighted by atomic mass is 10.1. The number of likely N-dealkylation sites (tertiary alicyclic amines) is 2. The maximum Gasteiger partial charge on any atom is 0.406 e. The second-order valence-electron chi connectivity index (χ2n) is 11.2. The lowest BCUT2D eigenvalue weighted by Crippen LogP contribution is -2.34. The zero-order valence-corrected chi connectivity index (χ0v) is 25.1. The summed E-state index contributed by atoms with van der Waals surface area (Å²) >= 11 is 0. The van der Waals surface area contributed by atoms with E-state index in [0.717, 1.165) is 96.7 Å². The molecule has 44 heavy (non-hydrogen) atoms. The Morgan fingerprint density at radius 2 is 1.25 bits per heavy atom. The second kappa shape index (κ2) is 13.4. The molecule has 0 radical (unpaired) electrons. The third-order valence-electron chi connectivity index (χ3n) is 8.42. The smallest absolute Gasteiger partial charge is 0.406 e. The van der Waals surface area contributed by atoms with Crippen molar-refractivity contribution in [2.75, 3.05) is 53.5 Å². The van der Waals surface area contributed by atoms with Crippen LogP contribution in [0.4, 0.5) is 9.59 Å². The molecule has 0 aliphatic carbocycles. The Bertz CT molecular complexity index is 1580. The van der Waals surface area contributed by atoms with Crippen molar-refractivity contribution in [2.24, 2.45) is 0 Å². The molecule has 2 saturated heterocycles. The highest BCUT2D eigenvalue weighted by molar-refractivity contribution is 5.78. The topological polar surface area (TPSA) is 140 Å². The Labute approximate surface area is 255 Å². The van der Waals surface area contributed by atoms with Crippen molar-refractivity contribution >= 4 is 34.3 Å². The molecular formula is C32H38N8O4. The van der Waals surface area contributed by atoms with Crippen LogP contribution in [-0.4, -0.2) is 95.4 Å². The van der Waals surface area contributed by atoms with Crippen molar-refractivity contribution in [1.29, 1.82) is 0 Å². The van der Waals surface area contributed by atoms with Crippen LogP contribution in [0.3, 0.4) is 0 Å². The molecule has 0 unspecified atom stereocenters. The van der Waals surface area contributed by atoms with Gasteiger partial charge in [-0.25, -0.2) is 19.6 Å². The quantitative estimate of drug-likeness (QED) is 0.225. The molecule has 12 heteroatoms. The van der Waals surface area contributed by atoms with Gasteiger partial charge in [0.1, 0.15) is 11.6 Å². The SMILES string of the molecule is COC(=O)NCCN1CCC[C@H]1c1nc2cc(C#Cc3ccc4[nH]c([C@@H]5CCCN5CCNC(=O)OC)nc4c3)ccc2[nH]1. The number of aromatic amines is 2. The number of hydrogen-bond acceptors (Lipinski definition) is 8. The zero-order chi connectivity index (χ0) is 30.5. The highest BCUT2D eigenvalue weighted by Gasteiger charge is 2.29. The van der Waals surface area contributed by atoms with Crippen LogP contribution >= 0.6 is 0 Å².